The Morgan fingerprint density at radius 3 is 2.92 bits per heavy atom. The zero-order valence-electron chi connectivity index (χ0n) is 14.7. The molecule has 1 fully saturated rings. The second-order valence-corrected chi connectivity index (χ2v) is 6.85. The van der Waals surface area contributed by atoms with Crippen LogP contribution in [0.15, 0.2) is 18.3 Å². The Kier molecular flexibility index (Phi) is 6.37. The van der Waals surface area contributed by atoms with Crippen molar-refractivity contribution in [2.45, 2.75) is 45.9 Å². The average molecular weight is 331 g/mol. The molecule has 0 bridgehead atoms. The highest BCUT2D eigenvalue weighted by molar-refractivity contribution is 6.51. The molecule has 1 aromatic rings. The molecule has 24 heavy (non-hydrogen) atoms. The first-order valence-corrected chi connectivity index (χ1v) is 8.59. The van der Waals surface area contributed by atoms with Gasteiger partial charge in [0.15, 0.2) is 0 Å². The topological polar surface area (TPSA) is 82.5 Å². The van der Waals surface area contributed by atoms with Gasteiger partial charge in [-0.1, -0.05) is 20.7 Å². The molecule has 7 heteroatoms. The van der Waals surface area contributed by atoms with Crippen molar-refractivity contribution in [1.82, 2.24) is 15.2 Å². The number of carbonyl (C=O) groups excluding carboxylic acids is 2. The van der Waals surface area contributed by atoms with Crippen LogP contribution in [0.5, 0.6) is 0 Å². The quantitative estimate of drug-likeness (QED) is 0.766. The molecular weight excluding hydrogens is 305 g/mol. The smallest absolute Gasteiger partial charge is 0.309 e. The molecule has 130 valence electrons. The molecule has 1 atom stereocenters. The first-order chi connectivity index (χ1) is 11.4. The fraction of sp³-hybridized carbons (Fsp3) is 0.588. The standard InChI is InChI=1S/C17H26BN3O3/c1-12(2)9-14-10-13(6-7-19-14)17(23)20-11-16(22)21-8-4-5-15(21)18(3)24/h6-7,10,12,15,24H,4-5,8-9,11H2,1-3H3,(H,20,23)/t15-/m0/s1. The lowest BCUT2D eigenvalue weighted by atomic mass is 9.62. The van der Waals surface area contributed by atoms with Crippen LogP contribution in [0.2, 0.25) is 6.82 Å². The molecule has 1 aromatic heterocycles. The van der Waals surface area contributed by atoms with Crippen LogP contribution in [0.1, 0.15) is 42.7 Å². The Balaban J connectivity index is 1.92. The number of nitrogens with one attached hydrogen (secondary N) is 1. The molecule has 6 nitrogen and oxygen atoms in total. The van der Waals surface area contributed by atoms with E-state index in [0.29, 0.717) is 18.0 Å². The van der Waals surface area contributed by atoms with Gasteiger partial charge in [0.2, 0.25) is 5.91 Å². The van der Waals surface area contributed by atoms with Crippen molar-refractivity contribution in [3.63, 3.8) is 0 Å². The highest BCUT2D eigenvalue weighted by Crippen LogP contribution is 2.18. The van der Waals surface area contributed by atoms with Gasteiger partial charge in [-0.3, -0.25) is 14.6 Å². The lowest BCUT2D eigenvalue weighted by molar-refractivity contribution is -0.129. The maximum Gasteiger partial charge on any atom is 0.309 e. The minimum absolute atomic E-state index is 0.0517. The van der Waals surface area contributed by atoms with Gasteiger partial charge in [0, 0.05) is 29.9 Å². The van der Waals surface area contributed by atoms with Gasteiger partial charge in [-0.2, -0.15) is 0 Å². The van der Waals surface area contributed by atoms with E-state index in [9.17, 15) is 14.6 Å². The summed E-state index contributed by atoms with van der Waals surface area (Å²) < 4.78 is 0. The van der Waals surface area contributed by atoms with E-state index < -0.39 is 6.92 Å². The summed E-state index contributed by atoms with van der Waals surface area (Å²) >= 11 is 0. The summed E-state index contributed by atoms with van der Waals surface area (Å²) in [6.07, 6.45) is 4.13. The Morgan fingerprint density at radius 2 is 2.25 bits per heavy atom. The van der Waals surface area contributed by atoms with Crippen molar-refractivity contribution in [3.05, 3.63) is 29.6 Å². The van der Waals surface area contributed by atoms with Gasteiger partial charge in [0.1, 0.15) is 0 Å². The van der Waals surface area contributed by atoms with Crippen molar-refractivity contribution in [2.24, 2.45) is 5.92 Å². The first kappa shape index (κ1) is 18.5. The normalized spacial score (nSPS) is 17.2. The van der Waals surface area contributed by atoms with Crippen LogP contribution < -0.4 is 5.32 Å². The minimum Gasteiger partial charge on any atom is -0.449 e. The van der Waals surface area contributed by atoms with Gasteiger partial charge >= 0.3 is 6.92 Å². The van der Waals surface area contributed by atoms with E-state index in [1.165, 1.54) is 0 Å². The van der Waals surface area contributed by atoms with Crippen LogP contribution in [0.4, 0.5) is 0 Å². The SMILES string of the molecule is CB(O)[C@@H]1CCCN1C(=O)CNC(=O)c1ccnc(CC(C)C)c1. The number of rotatable bonds is 6. The third kappa shape index (κ3) is 4.80. The molecule has 2 N–H and O–H groups in total. The number of hydrogen-bond acceptors (Lipinski definition) is 4. The van der Waals surface area contributed by atoms with Crippen molar-refractivity contribution in [2.75, 3.05) is 13.1 Å². The summed E-state index contributed by atoms with van der Waals surface area (Å²) in [6.45, 7) is 5.93. The monoisotopic (exact) mass is 331 g/mol. The Bertz CT molecular complexity index is 592. The van der Waals surface area contributed by atoms with Crippen molar-refractivity contribution in [1.29, 1.82) is 0 Å². The molecule has 1 aliphatic rings. The fourth-order valence-electron chi connectivity index (χ4n) is 3.11. The van der Waals surface area contributed by atoms with Crippen molar-refractivity contribution < 1.29 is 14.6 Å². The minimum atomic E-state index is -0.550. The summed E-state index contributed by atoms with van der Waals surface area (Å²) in [5.74, 6) is -0.107. The van der Waals surface area contributed by atoms with E-state index in [4.69, 9.17) is 0 Å². The summed E-state index contributed by atoms with van der Waals surface area (Å²) in [7, 11) is 0. The van der Waals surface area contributed by atoms with E-state index in [0.717, 1.165) is 25.0 Å². The Morgan fingerprint density at radius 1 is 1.50 bits per heavy atom. The molecule has 1 aliphatic heterocycles. The second kappa shape index (κ2) is 8.28. The number of likely N-dealkylation sites (tertiary alicyclic amines) is 1. The van der Waals surface area contributed by atoms with Crippen LogP contribution in [-0.2, 0) is 11.2 Å². The number of carbonyl (C=O) groups is 2. The Hall–Kier alpha value is -1.89. The van der Waals surface area contributed by atoms with Crippen LogP contribution in [-0.4, -0.2) is 52.7 Å². The summed E-state index contributed by atoms with van der Waals surface area (Å²) in [5.41, 5.74) is 1.39. The number of aromatic nitrogens is 1. The summed E-state index contributed by atoms with van der Waals surface area (Å²) in [6, 6.07) is 3.42. The predicted molar refractivity (Wildman–Crippen MR) is 93.7 cm³/mol. The van der Waals surface area contributed by atoms with Crippen LogP contribution in [0, 0.1) is 5.92 Å². The molecule has 2 amide bonds. The number of hydrogen-bond donors (Lipinski definition) is 2. The molecule has 0 saturated carbocycles. The van der Waals surface area contributed by atoms with Gasteiger partial charge < -0.3 is 15.2 Å². The maximum absolute atomic E-state index is 12.3. The van der Waals surface area contributed by atoms with Crippen molar-refractivity contribution in [3.8, 4) is 0 Å². The summed E-state index contributed by atoms with van der Waals surface area (Å²) in [4.78, 5) is 30.5. The largest absolute Gasteiger partial charge is 0.449 e. The maximum atomic E-state index is 12.3. The van der Waals surface area contributed by atoms with E-state index in [1.54, 1.807) is 30.1 Å². The Labute approximate surface area is 143 Å². The number of pyridine rings is 1. The van der Waals surface area contributed by atoms with Crippen LogP contribution in [0.25, 0.3) is 0 Å². The second-order valence-electron chi connectivity index (χ2n) is 6.85. The summed E-state index contributed by atoms with van der Waals surface area (Å²) in [5, 5.41) is 12.4. The third-order valence-electron chi connectivity index (χ3n) is 4.27. The molecule has 0 spiro atoms. The third-order valence-corrected chi connectivity index (χ3v) is 4.27. The zero-order chi connectivity index (χ0) is 17.7. The molecule has 0 aliphatic carbocycles. The van der Waals surface area contributed by atoms with Gasteiger partial charge in [-0.25, -0.2) is 0 Å². The fourth-order valence-corrected chi connectivity index (χ4v) is 3.11. The van der Waals surface area contributed by atoms with Crippen LogP contribution in [0.3, 0.4) is 0 Å². The molecular formula is C17H26BN3O3. The van der Waals surface area contributed by atoms with E-state index in [2.05, 4.69) is 24.1 Å². The zero-order valence-corrected chi connectivity index (χ0v) is 14.7. The molecule has 2 rings (SSSR count). The lowest BCUT2D eigenvalue weighted by Gasteiger charge is -2.25. The molecule has 0 unspecified atom stereocenters. The van der Waals surface area contributed by atoms with Gasteiger partial charge in [0.25, 0.3) is 5.91 Å². The van der Waals surface area contributed by atoms with Gasteiger partial charge in [-0.15, -0.1) is 0 Å². The van der Waals surface area contributed by atoms with Gasteiger partial charge in [-0.05, 0) is 37.3 Å². The molecule has 0 radical (unpaired) electrons. The van der Waals surface area contributed by atoms with E-state index in [1.807, 2.05) is 0 Å². The van der Waals surface area contributed by atoms with Crippen LogP contribution >= 0.6 is 0 Å². The molecule has 1 saturated heterocycles. The highest BCUT2D eigenvalue weighted by Gasteiger charge is 2.33. The predicted octanol–water partition coefficient (Wildman–Crippen LogP) is 1.15. The van der Waals surface area contributed by atoms with E-state index in [-0.39, 0.29) is 24.3 Å². The highest BCUT2D eigenvalue weighted by atomic mass is 16.2. The van der Waals surface area contributed by atoms with Crippen molar-refractivity contribution >= 4 is 18.7 Å². The number of amides is 2. The van der Waals surface area contributed by atoms with Gasteiger partial charge in [0.05, 0.1) is 6.54 Å². The lowest BCUT2D eigenvalue weighted by Crippen LogP contribution is -2.47. The first-order valence-electron chi connectivity index (χ1n) is 8.59. The molecule has 2 heterocycles. The van der Waals surface area contributed by atoms with E-state index >= 15 is 0 Å². The average Bonchev–Trinajstić information content (AvgIpc) is 3.01. The number of nitrogens with zero attached hydrogens (tertiary/aromatic N) is 2. The molecule has 0 aromatic carbocycles.